The van der Waals surface area contributed by atoms with Gasteiger partial charge in [0, 0.05) is 11.6 Å². The highest BCUT2D eigenvalue weighted by atomic mass is 16.6. The molecular weight excluding hydrogens is 310 g/mol. The van der Waals surface area contributed by atoms with Crippen molar-refractivity contribution in [2.75, 3.05) is 0 Å². The molecule has 0 aliphatic heterocycles. The monoisotopic (exact) mass is 323 g/mol. The minimum Gasteiger partial charge on any atom is -0.449 e. The Balaban J connectivity index is 1.94. The summed E-state index contributed by atoms with van der Waals surface area (Å²) in [7, 11) is 0. The third-order valence-corrected chi connectivity index (χ3v) is 3.42. The van der Waals surface area contributed by atoms with E-state index in [9.17, 15) is 14.4 Å². The van der Waals surface area contributed by atoms with Crippen molar-refractivity contribution in [3.63, 3.8) is 0 Å². The maximum Gasteiger partial charge on any atom is 0.375 e. The maximum absolute atomic E-state index is 12.3. The molecule has 0 fully saturated rings. The quantitative estimate of drug-likeness (QED) is 0.742. The first-order chi connectivity index (χ1) is 11.6. The van der Waals surface area contributed by atoms with Crippen LogP contribution in [0.3, 0.4) is 0 Å². The molecule has 3 aromatic rings. The Kier molecular flexibility index (Phi) is 4.11. The summed E-state index contributed by atoms with van der Waals surface area (Å²) in [6, 6.07) is 15.9. The number of primary amides is 1. The van der Waals surface area contributed by atoms with Gasteiger partial charge in [0.05, 0.1) is 5.39 Å². The Morgan fingerprint density at radius 3 is 2.38 bits per heavy atom. The third-order valence-electron chi connectivity index (χ3n) is 3.42. The van der Waals surface area contributed by atoms with Gasteiger partial charge in [-0.25, -0.2) is 4.79 Å². The van der Waals surface area contributed by atoms with Gasteiger partial charge in [0.15, 0.2) is 5.43 Å². The van der Waals surface area contributed by atoms with Crippen LogP contribution < -0.4 is 11.2 Å². The van der Waals surface area contributed by atoms with Gasteiger partial charge >= 0.3 is 5.97 Å². The Labute approximate surface area is 136 Å². The number of esters is 1. The number of hydrogen-bond acceptors (Lipinski definition) is 5. The lowest BCUT2D eigenvalue weighted by atomic mass is 10.1. The predicted octanol–water partition coefficient (Wildman–Crippen LogP) is 2.18. The van der Waals surface area contributed by atoms with Gasteiger partial charge in [-0.15, -0.1) is 0 Å². The van der Waals surface area contributed by atoms with Crippen molar-refractivity contribution >= 4 is 22.8 Å². The zero-order chi connectivity index (χ0) is 17.1. The molecular formula is C18H13NO5. The molecule has 6 heteroatoms. The van der Waals surface area contributed by atoms with Crippen LogP contribution in [0, 0.1) is 0 Å². The lowest BCUT2D eigenvalue weighted by Gasteiger charge is -2.14. The van der Waals surface area contributed by atoms with Crippen LogP contribution in [0.1, 0.15) is 22.2 Å². The van der Waals surface area contributed by atoms with Gasteiger partial charge in [0.1, 0.15) is 5.58 Å². The second kappa shape index (κ2) is 6.37. The van der Waals surface area contributed by atoms with Gasteiger partial charge in [0.25, 0.3) is 5.91 Å². The van der Waals surface area contributed by atoms with Crippen molar-refractivity contribution in [3.8, 4) is 0 Å². The average Bonchev–Trinajstić information content (AvgIpc) is 2.60. The zero-order valence-electron chi connectivity index (χ0n) is 12.5. The summed E-state index contributed by atoms with van der Waals surface area (Å²) in [5.41, 5.74) is 5.62. The van der Waals surface area contributed by atoms with Crippen molar-refractivity contribution in [3.05, 3.63) is 82.2 Å². The summed E-state index contributed by atoms with van der Waals surface area (Å²) in [6.45, 7) is 0. The van der Waals surface area contributed by atoms with E-state index in [1.54, 1.807) is 54.6 Å². The molecule has 0 aliphatic carbocycles. The van der Waals surface area contributed by atoms with Gasteiger partial charge in [-0.3, -0.25) is 9.59 Å². The summed E-state index contributed by atoms with van der Waals surface area (Å²) in [6.07, 6.45) is -1.27. The fourth-order valence-electron chi connectivity index (χ4n) is 2.29. The zero-order valence-corrected chi connectivity index (χ0v) is 12.5. The van der Waals surface area contributed by atoms with Crippen LogP contribution >= 0.6 is 0 Å². The molecule has 1 unspecified atom stereocenters. The van der Waals surface area contributed by atoms with Gasteiger partial charge < -0.3 is 14.9 Å². The van der Waals surface area contributed by atoms with Crippen molar-refractivity contribution in [1.82, 2.24) is 0 Å². The normalized spacial score (nSPS) is 11.8. The number of nitrogens with two attached hydrogens (primary N) is 1. The average molecular weight is 323 g/mol. The fourth-order valence-corrected chi connectivity index (χ4v) is 2.29. The largest absolute Gasteiger partial charge is 0.449 e. The van der Waals surface area contributed by atoms with E-state index < -0.39 is 18.0 Å². The minimum atomic E-state index is -1.27. The smallest absolute Gasteiger partial charge is 0.375 e. The first-order valence-electron chi connectivity index (χ1n) is 7.14. The Hall–Kier alpha value is -3.41. The molecule has 6 nitrogen and oxygen atoms in total. The molecule has 1 heterocycles. The van der Waals surface area contributed by atoms with E-state index in [1.807, 2.05) is 0 Å². The summed E-state index contributed by atoms with van der Waals surface area (Å²) in [5, 5.41) is 0.351. The molecule has 24 heavy (non-hydrogen) atoms. The van der Waals surface area contributed by atoms with E-state index in [0.29, 0.717) is 10.9 Å². The van der Waals surface area contributed by atoms with Gasteiger partial charge in [0.2, 0.25) is 11.9 Å². The Morgan fingerprint density at radius 2 is 1.67 bits per heavy atom. The highest BCUT2D eigenvalue weighted by Crippen LogP contribution is 2.20. The summed E-state index contributed by atoms with van der Waals surface area (Å²) < 4.78 is 10.5. The number of rotatable bonds is 4. The number of carbonyl (C=O) groups excluding carboxylic acids is 2. The first kappa shape index (κ1) is 15.5. The molecule has 3 rings (SSSR count). The van der Waals surface area contributed by atoms with Crippen LogP contribution in [0.5, 0.6) is 0 Å². The van der Waals surface area contributed by atoms with Crippen molar-refractivity contribution in [1.29, 1.82) is 0 Å². The number of hydrogen-bond donors (Lipinski definition) is 1. The van der Waals surface area contributed by atoms with E-state index in [1.165, 1.54) is 0 Å². The lowest BCUT2D eigenvalue weighted by Crippen LogP contribution is -2.26. The van der Waals surface area contributed by atoms with Crippen LogP contribution in [0.2, 0.25) is 0 Å². The van der Waals surface area contributed by atoms with E-state index in [0.717, 1.165) is 6.07 Å². The summed E-state index contributed by atoms with van der Waals surface area (Å²) in [4.78, 5) is 35.9. The van der Waals surface area contributed by atoms with E-state index >= 15 is 0 Å². The molecule has 0 spiro atoms. The van der Waals surface area contributed by atoms with Crippen LogP contribution in [0.4, 0.5) is 0 Å². The molecule has 1 amide bonds. The lowest BCUT2D eigenvalue weighted by molar-refractivity contribution is -0.127. The molecule has 0 saturated carbocycles. The van der Waals surface area contributed by atoms with Crippen molar-refractivity contribution in [2.45, 2.75) is 6.10 Å². The number of carbonyl (C=O) groups is 2. The first-order valence-corrected chi connectivity index (χ1v) is 7.14. The van der Waals surface area contributed by atoms with Crippen molar-refractivity contribution in [2.24, 2.45) is 5.73 Å². The molecule has 0 bridgehead atoms. The molecule has 0 radical (unpaired) electrons. The number of para-hydroxylation sites is 1. The van der Waals surface area contributed by atoms with Gasteiger partial charge in [-0.2, -0.15) is 0 Å². The van der Waals surface area contributed by atoms with E-state index in [2.05, 4.69) is 0 Å². The molecule has 0 aliphatic rings. The maximum atomic E-state index is 12.3. The number of fused-ring (bicyclic) bond motifs is 1. The highest BCUT2D eigenvalue weighted by Gasteiger charge is 2.25. The number of amides is 1. The topological polar surface area (TPSA) is 99.6 Å². The van der Waals surface area contributed by atoms with E-state index in [4.69, 9.17) is 14.9 Å². The summed E-state index contributed by atoms with van der Waals surface area (Å²) in [5.74, 6) is -2.05. The van der Waals surface area contributed by atoms with E-state index in [-0.39, 0.29) is 16.8 Å². The fraction of sp³-hybridized carbons (Fsp3) is 0.0556. The standard InChI is InChI=1S/C18H13NO5/c19-17(21)16(11-6-2-1-3-7-11)24-18(22)15-10-13(20)12-8-4-5-9-14(12)23-15/h1-10,16H,(H2,19,21). The minimum absolute atomic E-state index is 0.257. The van der Waals surface area contributed by atoms with Crippen LogP contribution in [0.25, 0.3) is 11.0 Å². The second-order valence-corrected chi connectivity index (χ2v) is 5.07. The second-order valence-electron chi connectivity index (χ2n) is 5.07. The molecule has 0 saturated heterocycles. The van der Waals surface area contributed by atoms with Crippen LogP contribution in [0.15, 0.2) is 69.9 Å². The SMILES string of the molecule is NC(=O)C(OC(=O)c1cc(=O)c2ccccc2o1)c1ccccc1. The van der Waals surface area contributed by atoms with Crippen LogP contribution in [-0.2, 0) is 9.53 Å². The highest BCUT2D eigenvalue weighted by molar-refractivity contribution is 5.91. The van der Waals surface area contributed by atoms with Gasteiger partial charge in [-0.1, -0.05) is 42.5 Å². The van der Waals surface area contributed by atoms with Crippen LogP contribution in [-0.4, -0.2) is 11.9 Å². The Bertz CT molecular complexity index is 962. The predicted molar refractivity (Wildman–Crippen MR) is 86.3 cm³/mol. The molecule has 1 atom stereocenters. The number of ether oxygens (including phenoxy) is 1. The number of benzene rings is 2. The van der Waals surface area contributed by atoms with Crippen molar-refractivity contribution < 1.29 is 18.7 Å². The third kappa shape index (κ3) is 3.03. The molecule has 1 aromatic heterocycles. The molecule has 120 valence electrons. The van der Waals surface area contributed by atoms with Gasteiger partial charge in [-0.05, 0) is 12.1 Å². The molecule has 2 N–H and O–H groups in total. The molecule has 2 aromatic carbocycles. The Morgan fingerprint density at radius 1 is 1.00 bits per heavy atom. The summed E-state index contributed by atoms with van der Waals surface area (Å²) >= 11 is 0.